The molecule has 0 amide bonds. The number of halogens is 1. The Hall–Kier alpha value is -2.21. The second-order valence-electron chi connectivity index (χ2n) is 3.00. The topological polar surface area (TPSA) is 78.2 Å². The van der Waals surface area contributed by atoms with Crippen molar-refractivity contribution in [2.45, 2.75) is 0 Å². The number of nitrogens with zero attached hydrogens (tertiary/aromatic N) is 3. The first-order valence-corrected chi connectivity index (χ1v) is 4.94. The van der Waals surface area contributed by atoms with Gasteiger partial charge in [-0.1, -0.05) is 18.2 Å². The van der Waals surface area contributed by atoms with Crippen molar-refractivity contribution in [1.29, 1.82) is 0 Å². The van der Waals surface area contributed by atoms with Gasteiger partial charge in [0, 0.05) is 0 Å². The van der Waals surface area contributed by atoms with Crippen molar-refractivity contribution in [3.05, 3.63) is 51.9 Å². The highest BCUT2D eigenvalue weighted by Gasteiger charge is 2.19. The molecule has 0 aliphatic heterocycles. The third-order valence-electron chi connectivity index (χ3n) is 1.86. The van der Waals surface area contributed by atoms with Gasteiger partial charge in [-0.2, -0.15) is 4.98 Å². The lowest BCUT2D eigenvalue weighted by Crippen LogP contribution is -1.97. The number of nitro groups is 1. The zero-order valence-corrected chi connectivity index (χ0v) is 9.16. The van der Waals surface area contributed by atoms with Crippen molar-refractivity contribution < 1.29 is 9.66 Å². The van der Waals surface area contributed by atoms with Crippen molar-refractivity contribution in [3.8, 4) is 11.6 Å². The standard InChI is InChI=1S/C10H6ClN3O3/c11-10-12-6-8(14(15)16)9(13-10)17-7-4-2-1-3-5-7/h1-6H. The molecule has 0 unspecified atom stereocenters. The Bertz CT molecular complexity index is 548. The Balaban J connectivity index is 2.37. The average Bonchev–Trinajstić information content (AvgIpc) is 2.30. The molecule has 0 saturated carbocycles. The van der Waals surface area contributed by atoms with Crippen LogP contribution in [0.5, 0.6) is 11.6 Å². The van der Waals surface area contributed by atoms with Crippen LogP contribution in [-0.4, -0.2) is 14.9 Å². The number of hydrogen-bond donors (Lipinski definition) is 0. The summed E-state index contributed by atoms with van der Waals surface area (Å²) in [5.74, 6) is 0.256. The molecule has 0 fully saturated rings. The summed E-state index contributed by atoms with van der Waals surface area (Å²) in [5.41, 5.74) is -0.335. The smallest absolute Gasteiger partial charge is 0.349 e. The van der Waals surface area contributed by atoms with Crippen LogP contribution in [-0.2, 0) is 0 Å². The summed E-state index contributed by atoms with van der Waals surface area (Å²) in [6.07, 6.45) is 1.01. The van der Waals surface area contributed by atoms with E-state index >= 15 is 0 Å². The van der Waals surface area contributed by atoms with Gasteiger partial charge in [-0.05, 0) is 23.7 Å². The van der Waals surface area contributed by atoms with Gasteiger partial charge in [0.2, 0.25) is 5.28 Å². The van der Waals surface area contributed by atoms with Gasteiger partial charge < -0.3 is 4.74 Å². The molecular weight excluding hydrogens is 246 g/mol. The summed E-state index contributed by atoms with van der Waals surface area (Å²) in [4.78, 5) is 17.3. The minimum Gasteiger partial charge on any atom is -0.434 e. The molecule has 2 aromatic rings. The van der Waals surface area contributed by atoms with E-state index in [1.165, 1.54) is 0 Å². The van der Waals surface area contributed by atoms with E-state index in [0.717, 1.165) is 6.20 Å². The first-order valence-electron chi connectivity index (χ1n) is 4.56. The Morgan fingerprint density at radius 2 is 2.00 bits per heavy atom. The summed E-state index contributed by atoms with van der Waals surface area (Å²) >= 11 is 5.56. The van der Waals surface area contributed by atoms with Crippen LogP contribution in [0.1, 0.15) is 0 Å². The van der Waals surface area contributed by atoms with Crippen LogP contribution < -0.4 is 4.74 Å². The van der Waals surface area contributed by atoms with Crippen molar-refractivity contribution in [1.82, 2.24) is 9.97 Å². The Morgan fingerprint density at radius 3 is 2.65 bits per heavy atom. The molecule has 0 atom stereocenters. The number of benzene rings is 1. The molecule has 1 aromatic heterocycles. The molecule has 0 aliphatic rings. The lowest BCUT2D eigenvalue weighted by molar-refractivity contribution is -0.386. The molecule has 17 heavy (non-hydrogen) atoms. The zero-order valence-electron chi connectivity index (χ0n) is 8.41. The molecule has 86 valence electrons. The molecule has 0 N–H and O–H groups in total. The lowest BCUT2D eigenvalue weighted by Gasteiger charge is -2.04. The molecule has 0 aliphatic carbocycles. The van der Waals surface area contributed by atoms with Crippen molar-refractivity contribution in [2.24, 2.45) is 0 Å². The molecule has 0 saturated heterocycles. The van der Waals surface area contributed by atoms with Gasteiger partial charge in [-0.25, -0.2) is 4.98 Å². The lowest BCUT2D eigenvalue weighted by atomic mass is 10.3. The van der Waals surface area contributed by atoms with Crippen LogP contribution in [0.25, 0.3) is 0 Å². The number of ether oxygens (including phenoxy) is 1. The quantitative estimate of drug-likeness (QED) is 0.476. The van der Waals surface area contributed by atoms with Crippen molar-refractivity contribution in [3.63, 3.8) is 0 Å². The summed E-state index contributed by atoms with van der Waals surface area (Å²) in [5, 5.41) is 10.6. The fourth-order valence-electron chi connectivity index (χ4n) is 1.14. The SMILES string of the molecule is O=[N+]([O-])c1cnc(Cl)nc1Oc1ccccc1. The third kappa shape index (κ3) is 2.67. The largest absolute Gasteiger partial charge is 0.434 e. The third-order valence-corrected chi connectivity index (χ3v) is 2.04. The highest BCUT2D eigenvalue weighted by atomic mass is 35.5. The van der Waals surface area contributed by atoms with Gasteiger partial charge in [0.25, 0.3) is 0 Å². The van der Waals surface area contributed by atoms with Gasteiger partial charge >= 0.3 is 11.6 Å². The minimum atomic E-state index is -0.630. The predicted molar refractivity (Wildman–Crippen MR) is 60.2 cm³/mol. The second kappa shape index (κ2) is 4.75. The van der Waals surface area contributed by atoms with E-state index < -0.39 is 4.92 Å². The van der Waals surface area contributed by atoms with Crippen molar-refractivity contribution >= 4 is 17.3 Å². The first kappa shape index (κ1) is 11.3. The molecule has 1 aromatic carbocycles. The Kier molecular flexibility index (Phi) is 3.15. The maximum absolute atomic E-state index is 10.7. The highest BCUT2D eigenvalue weighted by molar-refractivity contribution is 6.28. The first-order chi connectivity index (χ1) is 8.16. The summed E-state index contributed by atoms with van der Waals surface area (Å²) in [6, 6.07) is 8.58. The molecule has 0 spiro atoms. The molecule has 6 nitrogen and oxygen atoms in total. The maximum Gasteiger partial charge on any atom is 0.349 e. The van der Waals surface area contributed by atoms with Gasteiger partial charge in [0.1, 0.15) is 11.9 Å². The van der Waals surface area contributed by atoms with E-state index in [9.17, 15) is 10.1 Å². The van der Waals surface area contributed by atoms with Crippen LogP contribution in [0, 0.1) is 10.1 Å². The zero-order chi connectivity index (χ0) is 12.3. The van der Waals surface area contributed by atoms with Gasteiger partial charge in [0.15, 0.2) is 0 Å². The average molecular weight is 252 g/mol. The summed E-state index contributed by atoms with van der Waals surface area (Å²) < 4.78 is 5.27. The molecular formula is C10H6ClN3O3. The predicted octanol–water partition coefficient (Wildman–Crippen LogP) is 2.83. The molecule has 1 heterocycles. The molecule has 7 heteroatoms. The van der Waals surface area contributed by atoms with E-state index in [2.05, 4.69) is 9.97 Å². The van der Waals surface area contributed by atoms with E-state index in [4.69, 9.17) is 16.3 Å². The molecule has 0 bridgehead atoms. The number of para-hydroxylation sites is 1. The fraction of sp³-hybridized carbons (Fsp3) is 0. The number of hydrogen-bond acceptors (Lipinski definition) is 5. The molecule has 0 radical (unpaired) electrons. The normalized spacial score (nSPS) is 9.94. The van der Waals surface area contributed by atoms with E-state index in [-0.39, 0.29) is 16.9 Å². The van der Waals surface area contributed by atoms with E-state index in [1.807, 2.05) is 0 Å². The van der Waals surface area contributed by atoms with E-state index in [0.29, 0.717) is 5.75 Å². The van der Waals surface area contributed by atoms with Gasteiger partial charge in [0.05, 0.1) is 4.92 Å². The van der Waals surface area contributed by atoms with Crippen LogP contribution in [0.2, 0.25) is 5.28 Å². The second-order valence-corrected chi connectivity index (χ2v) is 3.34. The van der Waals surface area contributed by atoms with E-state index in [1.54, 1.807) is 30.3 Å². The summed E-state index contributed by atoms with van der Waals surface area (Å²) in [6.45, 7) is 0. The molecule has 2 rings (SSSR count). The Labute approximate surface area is 101 Å². The van der Waals surface area contributed by atoms with Crippen LogP contribution in [0.4, 0.5) is 5.69 Å². The maximum atomic E-state index is 10.7. The summed E-state index contributed by atoms with van der Waals surface area (Å²) in [7, 11) is 0. The van der Waals surface area contributed by atoms with Crippen LogP contribution in [0.15, 0.2) is 36.5 Å². The fourth-order valence-corrected chi connectivity index (χ4v) is 1.27. The van der Waals surface area contributed by atoms with Crippen LogP contribution >= 0.6 is 11.6 Å². The number of aromatic nitrogens is 2. The minimum absolute atomic E-state index is 0.110. The van der Waals surface area contributed by atoms with Gasteiger partial charge in [-0.15, -0.1) is 0 Å². The van der Waals surface area contributed by atoms with Crippen LogP contribution in [0.3, 0.4) is 0 Å². The monoisotopic (exact) mass is 251 g/mol. The number of rotatable bonds is 3. The van der Waals surface area contributed by atoms with Gasteiger partial charge in [-0.3, -0.25) is 10.1 Å². The Morgan fingerprint density at radius 1 is 1.29 bits per heavy atom. The van der Waals surface area contributed by atoms with Crippen molar-refractivity contribution in [2.75, 3.05) is 0 Å². The highest BCUT2D eigenvalue weighted by Crippen LogP contribution is 2.28.